The van der Waals surface area contributed by atoms with Gasteiger partial charge >= 0.3 is 0 Å². The maximum Gasteiger partial charge on any atom is 0.234 e. The van der Waals surface area contributed by atoms with Gasteiger partial charge in [-0.05, 0) is 57.2 Å². The predicted octanol–water partition coefficient (Wildman–Crippen LogP) is 1.51. The highest BCUT2D eigenvalue weighted by Crippen LogP contribution is 2.38. The van der Waals surface area contributed by atoms with E-state index in [2.05, 4.69) is 15.5 Å². The number of likely N-dealkylation sites (tertiary alicyclic amines) is 1. The number of carbonyl (C=O) groups is 1. The predicted molar refractivity (Wildman–Crippen MR) is 80.6 cm³/mol. The minimum atomic E-state index is 0.253. The summed E-state index contributed by atoms with van der Waals surface area (Å²) >= 11 is 0. The molecule has 3 fully saturated rings. The van der Waals surface area contributed by atoms with Crippen molar-refractivity contribution in [1.29, 1.82) is 0 Å². The molecule has 0 aromatic heterocycles. The first-order chi connectivity index (χ1) is 9.76. The highest BCUT2D eigenvalue weighted by molar-refractivity contribution is 5.78. The number of carbonyl (C=O) groups excluding carboxylic acids is 1. The van der Waals surface area contributed by atoms with Crippen LogP contribution in [0.1, 0.15) is 51.4 Å². The van der Waals surface area contributed by atoms with Crippen LogP contribution in [0.2, 0.25) is 0 Å². The third kappa shape index (κ3) is 3.53. The molecule has 4 nitrogen and oxygen atoms in total. The Kier molecular flexibility index (Phi) is 4.61. The van der Waals surface area contributed by atoms with Crippen LogP contribution in [0, 0.1) is 5.41 Å². The molecule has 114 valence electrons. The summed E-state index contributed by atoms with van der Waals surface area (Å²) in [6, 6.07) is 0.451. The van der Waals surface area contributed by atoms with E-state index < -0.39 is 0 Å². The van der Waals surface area contributed by atoms with Crippen LogP contribution in [0.4, 0.5) is 0 Å². The highest BCUT2D eigenvalue weighted by atomic mass is 16.2. The normalized spacial score (nSPS) is 27.8. The molecule has 2 saturated heterocycles. The molecular formula is C16H29N3O. The third-order valence-electron chi connectivity index (χ3n) is 5.52. The van der Waals surface area contributed by atoms with Crippen molar-refractivity contribution in [3.05, 3.63) is 0 Å². The molecule has 0 bridgehead atoms. The van der Waals surface area contributed by atoms with Crippen LogP contribution in [0.25, 0.3) is 0 Å². The molecule has 1 spiro atoms. The van der Waals surface area contributed by atoms with Gasteiger partial charge in [0.1, 0.15) is 0 Å². The molecule has 0 unspecified atom stereocenters. The Hall–Kier alpha value is -0.610. The Balaban J connectivity index is 1.43. The van der Waals surface area contributed by atoms with Gasteiger partial charge in [0.2, 0.25) is 5.91 Å². The van der Waals surface area contributed by atoms with Crippen molar-refractivity contribution in [1.82, 2.24) is 15.5 Å². The van der Waals surface area contributed by atoms with Gasteiger partial charge in [-0.2, -0.15) is 0 Å². The second-order valence-corrected chi connectivity index (χ2v) is 7.11. The molecule has 1 amide bonds. The van der Waals surface area contributed by atoms with Crippen LogP contribution in [-0.2, 0) is 4.79 Å². The lowest BCUT2D eigenvalue weighted by Gasteiger charge is -2.34. The first-order valence-electron chi connectivity index (χ1n) is 8.48. The molecule has 20 heavy (non-hydrogen) atoms. The molecule has 1 saturated carbocycles. The van der Waals surface area contributed by atoms with Gasteiger partial charge in [0.05, 0.1) is 6.54 Å². The molecule has 4 heteroatoms. The Morgan fingerprint density at radius 2 is 1.90 bits per heavy atom. The van der Waals surface area contributed by atoms with Crippen molar-refractivity contribution >= 4 is 5.91 Å². The monoisotopic (exact) mass is 279 g/mol. The molecule has 0 aromatic carbocycles. The Labute approximate surface area is 122 Å². The smallest absolute Gasteiger partial charge is 0.234 e. The summed E-state index contributed by atoms with van der Waals surface area (Å²) < 4.78 is 0. The van der Waals surface area contributed by atoms with Gasteiger partial charge < -0.3 is 10.6 Å². The second kappa shape index (κ2) is 6.44. The van der Waals surface area contributed by atoms with E-state index >= 15 is 0 Å². The fraction of sp³-hybridized carbons (Fsp3) is 0.938. The van der Waals surface area contributed by atoms with Crippen LogP contribution in [0.3, 0.4) is 0 Å². The van der Waals surface area contributed by atoms with Gasteiger partial charge in [-0.25, -0.2) is 0 Å². The van der Waals surface area contributed by atoms with Gasteiger partial charge in [-0.15, -0.1) is 0 Å². The molecule has 3 rings (SSSR count). The number of rotatable bonds is 3. The standard InChI is InChI=1S/C16H29N3O/c20-15(18-14-4-2-1-3-5-14)12-19-11-8-16(13-19)6-9-17-10-7-16/h14,17H,1-13H2,(H,18,20). The number of hydrogen-bond acceptors (Lipinski definition) is 3. The van der Waals surface area contributed by atoms with Gasteiger partial charge in [-0.3, -0.25) is 9.69 Å². The molecular weight excluding hydrogens is 250 g/mol. The maximum atomic E-state index is 12.2. The van der Waals surface area contributed by atoms with Crippen LogP contribution in [0.5, 0.6) is 0 Å². The summed E-state index contributed by atoms with van der Waals surface area (Å²) in [4.78, 5) is 14.6. The summed E-state index contributed by atoms with van der Waals surface area (Å²) in [5.74, 6) is 0.253. The van der Waals surface area contributed by atoms with Gasteiger partial charge in [0.25, 0.3) is 0 Å². The zero-order valence-corrected chi connectivity index (χ0v) is 12.6. The zero-order valence-electron chi connectivity index (χ0n) is 12.6. The molecule has 0 radical (unpaired) electrons. The summed E-state index contributed by atoms with van der Waals surface area (Å²) in [7, 11) is 0. The maximum absolute atomic E-state index is 12.2. The SMILES string of the molecule is O=C(CN1CCC2(CCNCC2)C1)NC1CCCCC1. The molecule has 1 aliphatic carbocycles. The van der Waals surface area contributed by atoms with E-state index in [1.165, 1.54) is 51.4 Å². The molecule has 3 aliphatic rings. The number of amides is 1. The largest absolute Gasteiger partial charge is 0.352 e. The van der Waals surface area contributed by atoms with E-state index in [0.717, 1.165) is 26.2 Å². The lowest BCUT2D eigenvalue weighted by molar-refractivity contribution is -0.123. The Morgan fingerprint density at radius 3 is 2.65 bits per heavy atom. The number of piperidine rings is 1. The van der Waals surface area contributed by atoms with Crippen molar-refractivity contribution in [2.75, 3.05) is 32.7 Å². The van der Waals surface area contributed by atoms with Crippen molar-refractivity contribution in [2.45, 2.75) is 57.4 Å². The van der Waals surface area contributed by atoms with E-state index in [1.54, 1.807) is 0 Å². The van der Waals surface area contributed by atoms with Crippen LogP contribution < -0.4 is 10.6 Å². The van der Waals surface area contributed by atoms with Crippen molar-refractivity contribution in [2.24, 2.45) is 5.41 Å². The fourth-order valence-electron chi connectivity index (χ4n) is 4.25. The summed E-state index contributed by atoms with van der Waals surface area (Å²) in [5.41, 5.74) is 0.510. The second-order valence-electron chi connectivity index (χ2n) is 7.11. The molecule has 2 aliphatic heterocycles. The Morgan fingerprint density at radius 1 is 1.15 bits per heavy atom. The highest BCUT2D eigenvalue weighted by Gasteiger charge is 2.39. The Bertz CT molecular complexity index is 333. The minimum absolute atomic E-state index is 0.253. The summed E-state index contributed by atoms with van der Waals surface area (Å²) in [6.07, 6.45) is 10.1. The molecule has 0 atom stereocenters. The zero-order chi connectivity index (χ0) is 13.8. The van der Waals surface area contributed by atoms with Gasteiger partial charge in [0.15, 0.2) is 0 Å². The first kappa shape index (κ1) is 14.3. The van der Waals surface area contributed by atoms with E-state index in [-0.39, 0.29) is 5.91 Å². The number of nitrogens with zero attached hydrogens (tertiary/aromatic N) is 1. The number of hydrogen-bond donors (Lipinski definition) is 2. The van der Waals surface area contributed by atoms with Gasteiger partial charge in [0, 0.05) is 12.6 Å². The lowest BCUT2D eigenvalue weighted by Crippen LogP contribution is -2.43. The van der Waals surface area contributed by atoms with E-state index in [9.17, 15) is 4.79 Å². The molecule has 0 aromatic rings. The number of nitrogens with one attached hydrogen (secondary N) is 2. The quantitative estimate of drug-likeness (QED) is 0.823. The van der Waals surface area contributed by atoms with Crippen LogP contribution in [-0.4, -0.2) is 49.6 Å². The molecule has 2 N–H and O–H groups in total. The van der Waals surface area contributed by atoms with E-state index in [4.69, 9.17) is 0 Å². The van der Waals surface area contributed by atoms with Crippen molar-refractivity contribution in [3.8, 4) is 0 Å². The van der Waals surface area contributed by atoms with E-state index in [0.29, 0.717) is 18.0 Å². The lowest BCUT2D eigenvalue weighted by atomic mass is 9.78. The first-order valence-corrected chi connectivity index (χ1v) is 8.48. The fourth-order valence-corrected chi connectivity index (χ4v) is 4.25. The van der Waals surface area contributed by atoms with E-state index in [1.807, 2.05) is 0 Å². The molecule has 2 heterocycles. The average Bonchev–Trinajstić information content (AvgIpc) is 2.83. The summed E-state index contributed by atoms with van der Waals surface area (Å²) in [6.45, 7) is 5.17. The van der Waals surface area contributed by atoms with Crippen molar-refractivity contribution < 1.29 is 4.79 Å². The topological polar surface area (TPSA) is 44.4 Å². The minimum Gasteiger partial charge on any atom is -0.352 e. The third-order valence-corrected chi connectivity index (χ3v) is 5.52. The van der Waals surface area contributed by atoms with Crippen molar-refractivity contribution in [3.63, 3.8) is 0 Å². The summed E-state index contributed by atoms with van der Waals surface area (Å²) in [5, 5.41) is 6.69. The van der Waals surface area contributed by atoms with Gasteiger partial charge in [-0.1, -0.05) is 19.3 Å². The van der Waals surface area contributed by atoms with Crippen LogP contribution >= 0.6 is 0 Å². The van der Waals surface area contributed by atoms with Crippen LogP contribution in [0.15, 0.2) is 0 Å². The average molecular weight is 279 g/mol.